The van der Waals surface area contributed by atoms with Crippen LogP contribution in [0.2, 0.25) is 0 Å². The molecule has 0 spiro atoms. The highest BCUT2D eigenvalue weighted by Gasteiger charge is 2.33. The number of amides is 1. The number of aromatic nitrogens is 2. The third-order valence-corrected chi connectivity index (χ3v) is 4.20. The fourth-order valence-corrected chi connectivity index (χ4v) is 3.23. The fourth-order valence-electron chi connectivity index (χ4n) is 3.23. The molecule has 1 aliphatic rings. The van der Waals surface area contributed by atoms with Gasteiger partial charge in [-0.3, -0.25) is 9.69 Å². The standard InChI is InChI=1S/C18H24N4O/c1-13(2)20-18(23)15-10-22(9-14-7-5-4-6-8-14)11-16-17(15)21(3)12-19-16/h4-8,12-13,15H,9-11H2,1-3H3,(H,20,23)/t15-/m1/s1. The second-order valence-electron chi connectivity index (χ2n) is 6.56. The van der Waals surface area contributed by atoms with Gasteiger partial charge in [0.05, 0.1) is 23.6 Å². The zero-order chi connectivity index (χ0) is 16.4. The summed E-state index contributed by atoms with van der Waals surface area (Å²) in [6.07, 6.45) is 1.81. The molecule has 122 valence electrons. The van der Waals surface area contributed by atoms with Crippen LogP contribution in [0.4, 0.5) is 0 Å². The third-order valence-electron chi connectivity index (χ3n) is 4.20. The Labute approximate surface area is 137 Å². The number of carbonyl (C=O) groups is 1. The quantitative estimate of drug-likeness (QED) is 0.940. The Kier molecular flexibility index (Phi) is 4.48. The van der Waals surface area contributed by atoms with Gasteiger partial charge >= 0.3 is 0 Å². The van der Waals surface area contributed by atoms with Crippen LogP contribution in [0.3, 0.4) is 0 Å². The molecule has 1 amide bonds. The van der Waals surface area contributed by atoms with Crippen LogP contribution in [0, 0.1) is 0 Å². The number of nitrogens with one attached hydrogen (secondary N) is 1. The molecule has 1 aromatic heterocycles. The van der Waals surface area contributed by atoms with Crippen molar-refractivity contribution in [3.63, 3.8) is 0 Å². The molecule has 0 saturated carbocycles. The van der Waals surface area contributed by atoms with Crippen LogP contribution < -0.4 is 5.32 Å². The maximum atomic E-state index is 12.6. The number of aryl methyl sites for hydroxylation is 1. The van der Waals surface area contributed by atoms with Crippen molar-refractivity contribution in [1.82, 2.24) is 19.8 Å². The van der Waals surface area contributed by atoms with Gasteiger partial charge in [0.25, 0.3) is 0 Å². The molecule has 1 aliphatic heterocycles. The van der Waals surface area contributed by atoms with Crippen LogP contribution in [-0.2, 0) is 24.9 Å². The Bertz CT molecular complexity index is 678. The zero-order valence-corrected chi connectivity index (χ0v) is 14.0. The van der Waals surface area contributed by atoms with Crippen molar-refractivity contribution in [1.29, 1.82) is 0 Å². The maximum Gasteiger partial charge on any atom is 0.230 e. The molecular weight excluding hydrogens is 288 g/mol. The molecule has 1 aromatic carbocycles. The molecule has 0 fully saturated rings. The molecule has 1 atom stereocenters. The molecule has 3 rings (SSSR count). The predicted molar refractivity (Wildman–Crippen MR) is 89.8 cm³/mol. The Balaban J connectivity index is 1.83. The van der Waals surface area contributed by atoms with E-state index in [1.807, 2.05) is 37.9 Å². The van der Waals surface area contributed by atoms with Gasteiger partial charge in [0.2, 0.25) is 5.91 Å². The second-order valence-corrected chi connectivity index (χ2v) is 6.56. The van der Waals surface area contributed by atoms with E-state index in [1.54, 1.807) is 0 Å². The fraction of sp³-hybridized carbons (Fsp3) is 0.444. The normalized spacial score (nSPS) is 18.0. The molecule has 0 unspecified atom stereocenters. The molecule has 2 aromatic rings. The van der Waals surface area contributed by atoms with Gasteiger partial charge in [0.1, 0.15) is 0 Å². The van der Waals surface area contributed by atoms with E-state index in [0.29, 0.717) is 0 Å². The molecule has 0 aliphatic carbocycles. The smallest absolute Gasteiger partial charge is 0.230 e. The van der Waals surface area contributed by atoms with Crippen molar-refractivity contribution in [2.24, 2.45) is 7.05 Å². The minimum Gasteiger partial charge on any atom is -0.353 e. The van der Waals surface area contributed by atoms with Gasteiger partial charge in [-0.15, -0.1) is 0 Å². The summed E-state index contributed by atoms with van der Waals surface area (Å²) in [7, 11) is 1.97. The summed E-state index contributed by atoms with van der Waals surface area (Å²) in [5, 5.41) is 3.05. The highest BCUT2D eigenvalue weighted by atomic mass is 16.2. The second kappa shape index (κ2) is 6.54. The van der Waals surface area contributed by atoms with Crippen LogP contribution in [0.25, 0.3) is 0 Å². The number of benzene rings is 1. The average molecular weight is 312 g/mol. The number of rotatable bonds is 4. The molecule has 0 bridgehead atoms. The Morgan fingerprint density at radius 3 is 2.78 bits per heavy atom. The van der Waals surface area contributed by atoms with Gasteiger partial charge in [-0.2, -0.15) is 0 Å². The largest absolute Gasteiger partial charge is 0.353 e. The van der Waals surface area contributed by atoms with Crippen LogP contribution in [0.15, 0.2) is 36.7 Å². The van der Waals surface area contributed by atoms with E-state index in [0.717, 1.165) is 31.0 Å². The summed E-state index contributed by atoms with van der Waals surface area (Å²) < 4.78 is 1.99. The summed E-state index contributed by atoms with van der Waals surface area (Å²) >= 11 is 0. The van der Waals surface area contributed by atoms with Gasteiger partial charge in [-0.05, 0) is 19.4 Å². The van der Waals surface area contributed by atoms with Crippen molar-refractivity contribution in [3.8, 4) is 0 Å². The van der Waals surface area contributed by atoms with E-state index < -0.39 is 0 Å². The van der Waals surface area contributed by atoms with E-state index in [-0.39, 0.29) is 17.9 Å². The lowest BCUT2D eigenvalue weighted by molar-refractivity contribution is -0.124. The number of fused-ring (bicyclic) bond motifs is 1. The number of hydrogen-bond acceptors (Lipinski definition) is 3. The minimum absolute atomic E-state index is 0.0858. The van der Waals surface area contributed by atoms with Crippen molar-refractivity contribution in [2.45, 2.75) is 38.9 Å². The van der Waals surface area contributed by atoms with Crippen LogP contribution in [0.1, 0.15) is 36.7 Å². The van der Waals surface area contributed by atoms with E-state index in [1.165, 1.54) is 5.56 Å². The van der Waals surface area contributed by atoms with Gasteiger partial charge in [-0.25, -0.2) is 4.98 Å². The highest BCUT2D eigenvalue weighted by molar-refractivity contribution is 5.84. The van der Waals surface area contributed by atoms with Gasteiger partial charge in [0.15, 0.2) is 0 Å². The first kappa shape index (κ1) is 15.7. The van der Waals surface area contributed by atoms with E-state index >= 15 is 0 Å². The van der Waals surface area contributed by atoms with Crippen molar-refractivity contribution >= 4 is 5.91 Å². The topological polar surface area (TPSA) is 50.2 Å². The van der Waals surface area contributed by atoms with Crippen LogP contribution in [-0.4, -0.2) is 32.9 Å². The van der Waals surface area contributed by atoms with E-state index in [4.69, 9.17) is 0 Å². The average Bonchev–Trinajstić information content (AvgIpc) is 2.88. The van der Waals surface area contributed by atoms with Crippen molar-refractivity contribution < 1.29 is 4.79 Å². The zero-order valence-electron chi connectivity index (χ0n) is 14.0. The first-order valence-electron chi connectivity index (χ1n) is 8.11. The monoisotopic (exact) mass is 312 g/mol. The van der Waals surface area contributed by atoms with Gasteiger partial charge in [0, 0.05) is 32.7 Å². The lowest BCUT2D eigenvalue weighted by Crippen LogP contribution is -2.43. The predicted octanol–water partition coefficient (Wildman–Crippen LogP) is 2.04. The number of carbonyl (C=O) groups excluding carboxylic acids is 1. The molecule has 0 radical (unpaired) electrons. The van der Waals surface area contributed by atoms with Crippen molar-refractivity contribution in [2.75, 3.05) is 6.54 Å². The number of imidazole rings is 1. The summed E-state index contributed by atoms with van der Waals surface area (Å²) in [5.41, 5.74) is 3.32. The Morgan fingerprint density at radius 1 is 1.35 bits per heavy atom. The Hall–Kier alpha value is -2.14. The molecular formula is C18H24N4O. The lowest BCUT2D eigenvalue weighted by Gasteiger charge is -2.32. The molecule has 0 saturated heterocycles. The Morgan fingerprint density at radius 2 is 2.09 bits per heavy atom. The highest BCUT2D eigenvalue weighted by Crippen LogP contribution is 2.28. The number of nitrogens with zero attached hydrogens (tertiary/aromatic N) is 3. The van der Waals surface area contributed by atoms with Crippen LogP contribution in [0.5, 0.6) is 0 Å². The summed E-state index contributed by atoms with van der Waals surface area (Å²) in [4.78, 5) is 19.4. The summed E-state index contributed by atoms with van der Waals surface area (Å²) in [6, 6.07) is 10.5. The van der Waals surface area contributed by atoms with E-state index in [2.05, 4.69) is 39.5 Å². The molecule has 2 heterocycles. The van der Waals surface area contributed by atoms with Gasteiger partial charge in [-0.1, -0.05) is 30.3 Å². The summed E-state index contributed by atoms with van der Waals surface area (Å²) in [6.45, 7) is 6.33. The van der Waals surface area contributed by atoms with Crippen molar-refractivity contribution in [3.05, 3.63) is 53.6 Å². The van der Waals surface area contributed by atoms with E-state index in [9.17, 15) is 4.79 Å². The number of hydrogen-bond donors (Lipinski definition) is 1. The third kappa shape index (κ3) is 3.45. The maximum absolute atomic E-state index is 12.6. The van der Waals surface area contributed by atoms with Crippen LogP contribution >= 0.6 is 0 Å². The molecule has 5 heteroatoms. The lowest BCUT2D eigenvalue weighted by atomic mass is 9.96. The molecule has 23 heavy (non-hydrogen) atoms. The van der Waals surface area contributed by atoms with Gasteiger partial charge < -0.3 is 9.88 Å². The SMILES string of the molecule is CC(C)NC(=O)[C@@H]1CN(Cc2ccccc2)Cc2ncn(C)c21. The first-order chi connectivity index (χ1) is 11.0. The first-order valence-corrected chi connectivity index (χ1v) is 8.11. The summed E-state index contributed by atoms with van der Waals surface area (Å²) in [5.74, 6) is -0.0834. The minimum atomic E-state index is -0.169. The molecule has 1 N–H and O–H groups in total. The molecule has 5 nitrogen and oxygen atoms in total.